The standard InChI is InChI=1S/C12H13FN2OS/c1-16-11-3-2-9(13)4-8(11)5-10-7-17-12(6-14)15-10/h2-4,7H,5-6,14H2,1H3. The molecule has 1 aromatic heterocycles. The van der Waals surface area contributed by atoms with Gasteiger partial charge in [0.15, 0.2) is 0 Å². The van der Waals surface area contributed by atoms with Crippen molar-refractivity contribution in [2.24, 2.45) is 5.73 Å². The Morgan fingerprint density at radius 2 is 2.29 bits per heavy atom. The highest BCUT2D eigenvalue weighted by Crippen LogP contribution is 2.23. The molecule has 2 rings (SSSR count). The van der Waals surface area contributed by atoms with E-state index in [1.165, 1.54) is 23.5 Å². The number of methoxy groups -OCH3 is 1. The van der Waals surface area contributed by atoms with Crippen molar-refractivity contribution in [2.75, 3.05) is 7.11 Å². The smallest absolute Gasteiger partial charge is 0.123 e. The van der Waals surface area contributed by atoms with E-state index in [-0.39, 0.29) is 5.82 Å². The van der Waals surface area contributed by atoms with Crippen LogP contribution >= 0.6 is 11.3 Å². The molecule has 0 amide bonds. The zero-order valence-electron chi connectivity index (χ0n) is 9.44. The number of nitrogens with two attached hydrogens (primary N) is 1. The minimum Gasteiger partial charge on any atom is -0.496 e. The van der Waals surface area contributed by atoms with Crippen LogP contribution in [0.25, 0.3) is 0 Å². The summed E-state index contributed by atoms with van der Waals surface area (Å²) in [7, 11) is 1.57. The van der Waals surface area contributed by atoms with Crippen molar-refractivity contribution >= 4 is 11.3 Å². The Balaban J connectivity index is 2.25. The molecule has 3 nitrogen and oxygen atoms in total. The molecule has 5 heteroatoms. The van der Waals surface area contributed by atoms with Gasteiger partial charge in [0.1, 0.15) is 16.6 Å². The number of benzene rings is 1. The normalized spacial score (nSPS) is 10.5. The minimum atomic E-state index is -0.268. The summed E-state index contributed by atoms with van der Waals surface area (Å²) in [5.41, 5.74) is 7.18. The van der Waals surface area contributed by atoms with Gasteiger partial charge in [-0.25, -0.2) is 9.37 Å². The third-order valence-electron chi connectivity index (χ3n) is 2.39. The molecule has 0 saturated carbocycles. The van der Waals surface area contributed by atoms with Crippen LogP contribution in [0.5, 0.6) is 5.75 Å². The molecule has 0 bridgehead atoms. The monoisotopic (exact) mass is 252 g/mol. The van der Waals surface area contributed by atoms with Gasteiger partial charge in [0.2, 0.25) is 0 Å². The first kappa shape index (κ1) is 12.0. The fourth-order valence-electron chi connectivity index (χ4n) is 1.60. The molecule has 0 saturated heterocycles. The Labute approximate surface area is 103 Å². The van der Waals surface area contributed by atoms with Crippen molar-refractivity contribution in [3.05, 3.63) is 45.7 Å². The summed E-state index contributed by atoms with van der Waals surface area (Å²) >= 11 is 1.52. The second-order valence-corrected chi connectivity index (χ2v) is 4.51. The number of rotatable bonds is 4. The molecule has 1 aromatic carbocycles. The number of hydrogen-bond donors (Lipinski definition) is 1. The largest absolute Gasteiger partial charge is 0.496 e. The molecule has 0 unspecified atom stereocenters. The predicted octanol–water partition coefficient (Wildman–Crippen LogP) is 2.34. The van der Waals surface area contributed by atoms with Crippen LogP contribution in [0.15, 0.2) is 23.6 Å². The Morgan fingerprint density at radius 1 is 1.47 bits per heavy atom. The second kappa shape index (κ2) is 5.25. The summed E-state index contributed by atoms with van der Waals surface area (Å²) in [6, 6.07) is 4.48. The van der Waals surface area contributed by atoms with E-state index in [9.17, 15) is 4.39 Å². The summed E-state index contributed by atoms with van der Waals surface area (Å²) in [6.45, 7) is 0.435. The van der Waals surface area contributed by atoms with Gasteiger partial charge in [-0.3, -0.25) is 0 Å². The van der Waals surface area contributed by atoms with Crippen LogP contribution < -0.4 is 10.5 Å². The number of thiazole rings is 1. The van der Waals surface area contributed by atoms with Gasteiger partial charge in [-0.1, -0.05) is 0 Å². The Hall–Kier alpha value is -1.46. The topological polar surface area (TPSA) is 48.1 Å². The molecular formula is C12H13FN2OS. The van der Waals surface area contributed by atoms with Crippen LogP contribution in [-0.4, -0.2) is 12.1 Å². The zero-order chi connectivity index (χ0) is 12.3. The van der Waals surface area contributed by atoms with Gasteiger partial charge in [-0.05, 0) is 18.2 Å². The molecule has 0 aliphatic rings. The first-order chi connectivity index (χ1) is 8.22. The highest BCUT2D eigenvalue weighted by Gasteiger charge is 2.08. The van der Waals surface area contributed by atoms with Crippen molar-refractivity contribution in [1.29, 1.82) is 0 Å². The minimum absolute atomic E-state index is 0.268. The summed E-state index contributed by atoms with van der Waals surface area (Å²) in [6.07, 6.45) is 0.553. The molecule has 17 heavy (non-hydrogen) atoms. The van der Waals surface area contributed by atoms with E-state index in [0.29, 0.717) is 18.7 Å². The van der Waals surface area contributed by atoms with Gasteiger partial charge in [0.05, 0.1) is 12.8 Å². The lowest BCUT2D eigenvalue weighted by Gasteiger charge is -2.06. The van der Waals surface area contributed by atoms with Crippen LogP contribution in [0.1, 0.15) is 16.3 Å². The summed E-state index contributed by atoms with van der Waals surface area (Å²) in [5, 5.41) is 2.82. The number of halogens is 1. The third kappa shape index (κ3) is 2.81. The predicted molar refractivity (Wildman–Crippen MR) is 65.8 cm³/mol. The van der Waals surface area contributed by atoms with Crippen LogP contribution in [0.4, 0.5) is 4.39 Å². The maximum absolute atomic E-state index is 13.2. The quantitative estimate of drug-likeness (QED) is 0.908. The first-order valence-corrected chi connectivity index (χ1v) is 6.06. The molecule has 0 atom stereocenters. The summed E-state index contributed by atoms with van der Waals surface area (Å²) < 4.78 is 18.4. The van der Waals surface area contributed by atoms with Crippen LogP contribution in [-0.2, 0) is 13.0 Å². The van der Waals surface area contributed by atoms with E-state index in [4.69, 9.17) is 10.5 Å². The zero-order valence-corrected chi connectivity index (χ0v) is 10.3. The van der Waals surface area contributed by atoms with Crippen molar-refractivity contribution in [2.45, 2.75) is 13.0 Å². The first-order valence-electron chi connectivity index (χ1n) is 5.18. The molecule has 2 N–H and O–H groups in total. The molecule has 0 radical (unpaired) electrons. The molecule has 1 heterocycles. The maximum atomic E-state index is 13.2. The Bertz CT molecular complexity index is 513. The fraction of sp³-hybridized carbons (Fsp3) is 0.250. The van der Waals surface area contributed by atoms with E-state index in [1.807, 2.05) is 5.38 Å². The Kier molecular flexibility index (Phi) is 3.71. The Morgan fingerprint density at radius 3 is 2.94 bits per heavy atom. The number of nitrogens with zero attached hydrogens (tertiary/aromatic N) is 1. The maximum Gasteiger partial charge on any atom is 0.123 e. The summed E-state index contributed by atoms with van der Waals surface area (Å²) in [5.74, 6) is 0.406. The molecule has 0 fully saturated rings. The average Bonchev–Trinajstić information content (AvgIpc) is 2.77. The summed E-state index contributed by atoms with van der Waals surface area (Å²) in [4.78, 5) is 4.34. The lowest BCUT2D eigenvalue weighted by atomic mass is 10.1. The lowest BCUT2D eigenvalue weighted by molar-refractivity contribution is 0.409. The van der Waals surface area contributed by atoms with Gasteiger partial charge in [-0.15, -0.1) is 11.3 Å². The fourth-order valence-corrected chi connectivity index (χ4v) is 2.28. The van der Waals surface area contributed by atoms with Crippen LogP contribution in [0.2, 0.25) is 0 Å². The average molecular weight is 252 g/mol. The second-order valence-electron chi connectivity index (χ2n) is 3.57. The molecule has 0 aliphatic carbocycles. The van der Waals surface area contributed by atoms with E-state index < -0.39 is 0 Å². The molecular weight excluding hydrogens is 239 g/mol. The van der Waals surface area contributed by atoms with Gasteiger partial charge in [0.25, 0.3) is 0 Å². The molecule has 0 aliphatic heterocycles. The SMILES string of the molecule is COc1ccc(F)cc1Cc1csc(CN)n1. The molecule has 90 valence electrons. The number of ether oxygens (including phenoxy) is 1. The van der Waals surface area contributed by atoms with Gasteiger partial charge in [-0.2, -0.15) is 0 Å². The third-order valence-corrected chi connectivity index (χ3v) is 3.31. The van der Waals surface area contributed by atoms with Crippen molar-refractivity contribution < 1.29 is 9.13 Å². The van der Waals surface area contributed by atoms with E-state index in [0.717, 1.165) is 16.3 Å². The van der Waals surface area contributed by atoms with Gasteiger partial charge in [0, 0.05) is 23.9 Å². The number of hydrogen-bond acceptors (Lipinski definition) is 4. The highest BCUT2D eigenvalue weighted by atomic mass is 32.1. The van der Waals surface area contributed by atoms with Gasteiger partial charge < -0.3 is 10.5 Å². The highest BCUT2D eigenvalue weighted by molar-refractivity contribution is 7.09. The van der Waals surface area contributed by atoms with Crippen LogP contribution in [0.3, 0.4) is 0 Å². The van der Waals surface area contributed by atoms with E-state index in [2.05, 4.69) is 4.98 Å². The van der Waals surface area contributed by atoms with Gasteiger partial charge >= 0.3 is 0 Å². The van der Waals surface area contributed by atoms with Crippen molar-refractivity contribution in [3.8, 4) is 5.75 Å². The van der Waals surface area contributed by atoms with Crippen LogP contribution in [0, 0.1) is 5.82 Å². The molecule has 2 aromatic rings. The van der Waals surface area contributed by atoms with Crippen molar-refractivity contribution in [1.82, 2.24) is 4.98 Å². The van der Waals surface area contributed by atoms with Crippen molar-refractivity contribution in [3.63, 3.8) is 0 Å². The molecule has 0 spiro atoms. The van der Waals surface area contributed by atoms with E-state index in [1.54, 1.807) is 13.2 Å². The number of aromatic nitrogens is 1. The van der Waals surface area contributed by atoms with E-state index >= 15 is 0 Å². The lowest BCUT2D eigenvalue weighted by Crippen LogP contribution is -1.98.